The summed E-state index contributed by atoms with van der Waals surface area (Å²) in [6.07, 6.45) is 9.00. The number of unbranched alkanes of at least 4 members (excludes halogenated alkanes) is 7. The highest BCUT2D eigenvalue weighted by Crippen LogP contribution is 2.11. The summed E-state index contributed by atoms with van der Waals surface area (Å²) < 4.78 is 41.1. The topological polar surface area (TPSA) is 107 Å². The molecular weight excluding hydrogens is 348 g/mol. The molecule has 1 N–H and O–H groups in total. The standard InChI is InChI=1S/C17H30O7S/c1-3-5-6-7-8-9-10-11-13-24-17(19)15(25(20,21)22)14-16(18)23-12-4-2/h4,15H,2-3,5-14H2,1H3,(H,20,21,22). The second-order valence-corrected chi connectivity index (χ2v) is 7.42. The largest absolute Gasteiger partial charge is 0.465 e. The Kier molecular flexibility index (Phi) is 13.1. The number of carbonyl (C=O) groups excluding carboxylic acids is 2. The fourth-order valence-electron chi connectivity index (χ4n) is 2.17. The molecule has 8 heteroatoms. The van der Waals surface area contributed by atoms with Crippen molar-refractivity contribution in [1.82, 2.24) is 0 Å². The van der Waals surface area contributed by atoms with Crippen LogP contribution in [-0.4, -0.2) is 43.4 Å². The fourth-order valence-corrected chi connectivity index (χ4v) is 2.83. The van der Waals surface area contributed by atoms with Gasteiger partial charge in [0.15, 0.2) is 5.25 Å². The monoisotopic (exact) mass is 378 g/mol. The van der Waals surface area contributed by atoms with E-state index in [4.69, 9.17) is 9.29 Å². The average molecular weight is 378 g/mol. The molecule has 0 radical (unpaired) electrons. The quantitative estimate of drug-likeness (QED) is 0.202. The summed E-state index contributed by atoms with van der Waals surface area (Å²) in [5, 5.41) is -1.96. The molecule has 0 rings (SSSR count). The maximum atomic E-state index is 11.8. The Morgan fingerprint density at radius 2 is 1.60 bits per heavy atom. The van der Waals surface area contributed by atoms with E-state index >= 15 is 0 Å². The van der Waals surface area contributed by atoms with Crippen LogP contribution in [0.25, 0.3) is 0 Å². The van der Waals surface area contributed by atoms with Crippen molar-refractivity contribution in [3.8, 4) is 0 Å². The van der Waals surface area contributed by atoms with Gasteiger partial charge in [0.1, 0.15) is 6.61 Å². The van der Waals surface area contributed by atoms with E-state index < -0.39 is 33.7 Å². The van der Waals surface area contributed by atoms with E-state index in [0.29, 0.717) is 6.42 Å². The van der Waals surface area contributed by atoms with Gasteiger partial charge in [-0.15, -0.1) is 0 Å². The lowest BCUT2D eigenvalue weighted by Gasteiger charge is -2.12. The Labute approximate surface area is 150 Å². The lowest BCUT2D eigenvalue weighted by atomic mass is 10.1. The predicted octanol–water partition coefficient (Wildman–Crippen LogP) is 3.05. The molecule has 0 bridgehead atoms. The molecule has 7 nitrogen and oxygen atoms in total. The van der Waals surface area contributed by atoms with Crippen LogP contribution in [0.1, 0.15) is 64.7 Å². The van der Waals surface area contributed by atoms with E-state index in [1.54, 1.807) is 0 Å². The van der Waals surface area contributed by atoms with Gasteiger partial charge in [-0.2, -0.15) is 8.42 Å². The highest BCUT2D eigenvalue weighted by Gasteiger charge is 2.35. The Hall–Kier alpha value is -1.41. The van der Waals surface area contributed by atoms with Gasteiger partial charge < -0.3 is 9.47 Å². The van der Waals surface area contributed by atoms with E-state index in [-0.39, 0.29) is 13.2 Å². The summed E-state index contributed by atoms with van der Waals surface area (Å²) in [5.74, 6) is -2.06. The van der Waals surface area contributed by atoms with Crippen LogP contribution in [-0.2, 0) is 29.2 Å². The molecule has 0 aliphatic rings. The molecule has 0 aromatic rings. The minimum atomic E-state index is -4.75. The third-order valence-electron chi connectivity index (χ3n) is 3.58. The molecule has 0 aromatic heterocycles. The SMILES string of the molecule is C=CCOC(=O)CC(C(=O)OCCCCCCCCCC)S(=O)(=O)O. The van der Waals surface area contributed by atoms with Crippen LogP contribution in [0.3, 0.4) is 0 Å². The third kappa shape index (κ3) is 12.6. The van der Waals surface area contributed by atoms with Gasteiger partial charge in [0.2, 0.25) is 0 Å². The molecule has 0 aromatic carbocycles. The predicted molar refractivity (Wildman–Crippen MR) is 94.7 cm³/mol. The van der Waals surface area contributed by atoms with Crippen LogP contribution in [0.4, 0.5) is 0 Å². The highest BCUT2D eigenvalue weighted by molar-refractivity contribution is 7.87. The van der Waals surface area contributed by atoms with Gasteiger partial charge in [-0.1, -0.05) is 64.5 Å². The van der Waals surface area contributed by atoms with Gasteiger partial charge in [0.05, 0.1) is 13.0 Å². The lowest BCUT2D eigenvalue weighted by Crippen LogP contribution is -2.34. The summed E-state index contributed by atoms with van der Waals surface area (Å²) in [5.41, 5.74) is 0. The molecule has 0 aliphatic heterocycles. The van der Waals surface area contributed by atoms with Crippen LogP contribution in [0.2, 0.25) is 0 Å². The number of rotatable bonds is 15. The Bertz CT molecular complexity index is 499. The van der Waals surface area contributed by atoms with Gasteiger partial charge >= 0.3 is 11.9 Å². The summed E-state index contributed by atoms with van der Waals surface area (Å²) in [6, 6.07) is 0. The van der Waals surface area contributed by atoms with Gasteiger partial charge in [-0.25, -0.2) is 0 Å². The van der Waals surface area contributed by atoms with E-state index in [0.717, 1.165) is 19.3 Å². The lowest BCUT2D eigenvalue weighted by molar-refractivity contribution is -0.149. The molecule has 0 aliphatic carbocycles. The number of carbonyl (C=O) groups is 2. The summed E-state index contributed by atoms with van der Waals surface area (Å²) in [4.78, 5) is 23.3. The molecule has 0 spiro atoms. The smallest absolute Gasteiger partial charge is 0.327 e. The van der Waals surface area contributed by atoms with Crippen LogP contribution in [0, 0.1) is 0 Å². The summed E-state index contributed by atoms with van der Waals surface area (Å²) in [7, 11) is -4.75. The zero-order chi connectivity index (χ0) is 19.1. The van der Waals surface area contributed by atoms with Gasteiger partial charge in [-0.05, 0) is 6.42 Å². The Morgan fingerprint density at radius 3 is 2.12 bits per heavy atom. The maximum absolute atomic E-state index is 11.8. The molecule has 0 heterocycles. The third-order valence-corrected chi connectivity index (χ3v) is 4.66. The minimum Gasteiger partial charge on any atom is -0.465 e. The highest BCUT2D eigenvalue weighted by atomic mass is 32.2. The molecule has 0 saturated carbocycles. The van der Waals surface area contributed by atoms with E-state index in [1.807, 2.05) is 0 Å². The van der Waals surface area contributed by atoms with E-state index in [9.17, 15) is 18.0 Å². The zero-order valence-electron chi connectivity index (χ0n) is 14.9. The fraction of sp³-hybridized carbons (Fsp3) is 0.765. The Morgan fingerprint density at radius 1 is 1.04 bits per heavy atom. The van der Waals surface area contributed by atoms with Crippen molar-refractivity contribution in [2.75, 3.05) is 13.2 Å². The summed E-state index contributed by atoms with van der Waals surface area (Å²) in [6.45, 7) is 5.46. The number of hydrogen-bond donors (Lipinski definition) is 1. The minimum absolute atomic E-state index is 0.0571. The van der Waals surface area contributed by atoms with Crippen molar-refractivity contribution in [1.29, 1.82) is 0 Å². The van der Waals surface area contributed by atoms with Crippen LogP contribution >= 0.6 is 0 Å². The first-order valence-electron chi connectivity index (χ1n) is 8.72. The van der Waals surface area contributed by atoms with Crippen molar-refractivity contribution in [3.05, 3.63) is 12.7 Å². The summed E-state index contributed by atoms with van der Waals surface area (Å²) >= 11 is 0. The van der Waals surface area contributed by atoms with Crippen LogP contribution < -0.4 is 0 Å². The van der Waals surface area contributed by atoms with E-state index in [1.165, 1.54) is 31.8 Å². The van der Waals surface area contributed by atoms with Crippen molar-refractivity contribution in [2.24, 2.45) is 0 Å². The molecule has 0 fully saturated rings. The van der Waals surface area contributed by atoms with Gasteiger partial charge in [-0.3, -0.25) is 14.1 Å². The van der Waals surface area contributed by atoms with Crippen molar-refractivity contribution in [3.63, 3.8) is 0 Å². The maximum Gasteiger partial charge on any atom is 0.327 e. The second kappa shape index (κ2) is 13.8. The molecule has 1 unspecified atom stereocenters. The first kappa shape index (κ1) is 23.6. The molecule has 1 atom stereocenters. The normalized spacial score (nSPS) is 12.4. The molecular formula is C17H30O7S. The first-order chi connectivity index (χ1) is 11.8. The second-order valence-electron chi connectivity index (χ2n) is 5.82. The number of hydrogen-bond acceptors (Lipinski definition) is 6. The zero-order valence-corrected chi connectivity index (χ0v) is 15.8. The molecule has 0 saturated heterocycles. The van der Waals surface area contributed by atoms with Crippen LogP contribution in [0.15, 0.2) is 12.7 Å². The van der Waals surface area contributed by atoms with E-state index in [2.05, 4.69) is 18.2 Å². The van der Waals surface area contributed by atoms with Gasteiger partial charge in [0, 0.05) is 0 Å². The molecule has 146 valence electrons. The van der Waals surface area contributed by atoms with Crippen molar-refractivity contribution >= 4 is 22.1 Å². The van der Waals surface area contributed by atoms with Crippen LogP contribution in [0.5, 0.6) is 0 Å². The van der Waals surface area contributed by atoms with Crippen molar-refractivity contribution in [2.45, 2.75) is 70.0 Å². The first-order valence-corrected chi connectivity index (χ1v) is 10.2. The molecule has 0 amide bonds. The Balaban J connectivity index is 4.11. The number of ether oxygens (including phenoxy) is 2. The van der Waals surface area contributed by atoms with Gasteiger partial charge in [0.25, 0.3) is 10.1 Å². The average Bonchev–Trinajstić information content (AvgIpc) is 2.55. The van der Waals surface area contributed by atoms with Crippen molar-refractivity contribution < 1.29 is 32.0 Å². The molecule has 25 heavy (non-hydrogen) atoms. The number of esters is 2.